The first-order valence-electron chi connectivity index (χ1n) is 10.7. The number of anilines is 1. The van der Waals surface area contributed by atoms with E-state index in [4.69, 9.17) is 16.3 Å². The van der Waals surface area contributed by atoms with Gasteiger partial charge in [-0.3, -0.25) is 9.29 Å². The molecule has 2 fully saturated rings. The molecular weight excluding hydrogens is 466 g/mol. The molecule has 1 spiro atoms. The van der Waals surface area contributed by atoms with Crippen molar-refractivity contribution in [1.82, 2.24) is 29.7 Å². The average molecular weight is 490 g/mol. The Bertz CT molecular complexity index is 1290. The van der Waals surface area contributed by atoms with Gasteiger partial charge in [0.1, 0.15) is 11.5 Å². The fourth-order valence-corrected chi connectivity index (χ4v) is 5.47. The van der Waals surface area contributed by atoms with Crippen molar-refractivity contribution in [3.05, 3.63) is 41.4 Å². The van der Waals surface area contributed by atoms with Crippen molar-refractivity contribution in [2.24, 2.45) is 5.41 Å². The number of methoxy groups -OCH3 is 1. The van der Waals surface area contributed by atoms with Crippen LogP contribution >= 0.6 is 11.6 Å². The zero-order valence-electron chi connectivity index (χ0n) is 18.4. The van der Waals surface area contributed by atoms with Crippen LogP contribution in [0.5, 0.6) is 5.88 Å². The van der Waals surface area contributed by atoms with Crippen molar-refractivity contribution in [2.45, 2.75) is 50.3 Å². The van der Waals surface area contributed by atoms with Crippen molar-refractivity contribution in [3.8, 4) is 17.4 Å². The average Bonchev–Trinajstić information content (AvgIpc) is 3.71. The number of aromatic nitrogens is 6. The Morgan fingerprint density at radius 3 is 2.58 bits per heavy atom. The smallest absolute Gasteiger partial charge is 0.238 e. The van der Waals surface area contributed by atoms with Crippen LogP contribution < -0.4 is 9.46 Å². The third kappa shape index (κ3) is 4.04. The van der Waals surface area contributed by atoms with E-state index in [2.05, 4.69) is 29.9 Å². The lowest BCUT2D eigenvalue weighted by molar-refractivity contribution is 0.398. The minimum atomic E-state index is -3.83. The lowest BCUT2D eigenvalue weighted by Crippen LogP contribution is -2.31. The Balaban J connectivity index is 1.46. The van der Waals surface area contributed by atoms with Crippen LogP contribution in [-0.4, -0.2) is 50.5 Å². The summed E-state index contributed by atoms with van der Waals surface area (Å²) in [4.78, 5) is 12.8. The van der Waals surface area contributed by atoms with Crippen LogP contribution in [0.4, 0.5) is 5.95 Å². The number of pyridine rings is 1. The number of ether oxygens (including phenoxy) is 1. The molecule has 3 aromatic rings. The number of rotatable bonds is 8. The van der Waals surface area contributed by atoms with E-state index in [0.29, 0.717) is 28.2 Å². The molecule has 2 unspecified atom stereocenters. The molecule has 33 heavy (non-hydrogen) atoms. The third-order valence-corrected chi connectivity index (χ3v) is 8.73. The van der Waals surface area contributed by atoms with E-state index in [1.165, 1.54) is 12.4 Å². The third-order valence-electron chi connectivity index (χ3n) is 6.68. The first kappa shape index (κ1) is 22.0. The molecule has 3 aromatic heterocycles. The van der Waals surface area contributed by atoms with Crippen LogP contribution in [0, 0.1) is 5.41 Å². The van der Waals surface area contributed by atoms with E-state index >= 15 is 0 Å². The number of hydrogen-bond acceptors (Lipinski definition) is 8. The number of nitrogens with one attached hydrogen (secondary N) is 1. The highest BCUT2D eigenvalue weighted by Crippen LogP contribution is 2.73. The summed E-state index contributed by atoms with van der Waals surface area (Å²) in [5, 5.41) is 8.08. The summed E-state index contributed by atoms with van der Waals surface area (Å²) < 4.78 is 36.4. The van der Waals surface area contributed by atoms with Gasteiger partial charge in [-0.2, -0.15) is 0 Å². The maximum atomic E-state index is 13.3. The van der Waals surface area contributed by atoms with E-state index in [1.54, 1.807) is 27.0 Å². The molecule has 0 aliphatic heterocycles. The molecule has 0 aromatic carbocycles. The van der Waals surface area contributed by atoms with Gasteiger partial charge in [0.05, 0.1) is 17.4 Å². The van der Waals surface area contributed by atoms with Gasteiger partial charge in [-0.15, -0.1) is 10.2 Å². The van der Waals surface area contributed by atoms with Gasteiger partial charge in [0.25, 0.3) is 0 Å². The standard InChI is InChI=1S/C21H24ClN7O3S/c1-12(18-23-10-14(22)11-24-18)13(2)33(30,31)28-20-27-26-19(15-5-4-6-17(25-15)32-3)29(20)16-9-21(16)7-8-21/h4-6,10-13,16H,7-9H2,1-3H3,(H,27,28)/t12?,13?,16-/m1/s1. The minimum absolute atomic E-state index is 0.139. The minimum Gasteiger partial charge on any atom is -0.481 e. The van der Waals surface area contributed by atoms with Gasteiger partial charge in [0, 0.05) is 30.4 Å². The van der Waals surface area contributed by atoms with E-state index in [-0.39, 0.29) is 17.4 Å². The van der Waals surface area contributed by atoms with Gasteiger partial charge in [-0.1, -0.05) is 24.6 Å². The van der Waals surface area contributed by atoms with Gasteiger partial charge >= 0.3 is 0 Å². The molecule has 0 bridgehead atoms. The van der Waals surface area contributed by atoms with Crippen LogP contribution in [0.25, 0.3) is 11.5 Å². The predicted molar refractivity (Wildman–Crippen MR) is 123 cm³/mol. The molecule has 2 aliphatic rings. The summed E-state index contributed by atoms with van der Waals surface area (Å²) in [6, 6.07) is 5.52. The summed E-state index contributed by atoms with van der Waals surface area (Å²) in [6.45, 7) is 3.39. The van der Waals surface area contributed by atoms with Crippen LogP contribution in [-0.2, 0) is 10.0 Å². The van der Waals surface area contributed by atoms with Gasteiger partial charge in [-0.25, -0.2) is 23.4 Å². The topological polar surface area (TPSA) is 125 Å². The molecule has 3 atom stereocenters. The fraction of sp³-hybridized carbons (Fsp3) is 0.476. The Kier molecular flexibility index (Phi) is 5.28. The summed E-state index contributed by atoms with van der Waals surface area (Å²) in [5.41, 5.74) is 0.803. The number of nitrogens with zero attached hydrogens (tertiary/aromatic N) is 6. The summed E-state index contributed by atoms with van der Waals surface area (Å²) in [6.07, 6.45) is 6.13. The van der Waals surface area contributed by atoms with Crippen LogP contribution in [0.3, 0.4) is 0 Å². The number of sulfonamides is 1. The second kappa shape index (κ2) is 7.91. The van der Waals surface area contributed by atoms with Crippen molar-refractivity contribution in [1.29, 1.82) is 0 Å². The molecule has 5 rings (SSSR count). The lowest BCUT2D eigenvalue weighted by Gasteiger charge is -2.20. The Labute approximate surface area is 196 Å². The highest BCUT2D eigenvalue weighted by Gasteiger charge is 2.65. The Hall–Kier alpha value is -2.79. The first-order chi connectivity index (χ1) is 15.7. The molecule has 1 N–H and O–H groups in total. The van der Waals surface area contributed by atoms with Crippen molar-refractivity contribution in [2.75, 3.05) is 11.8 Å². The number of halogens is 1. The molecule has 2 saturated carbocycles. The summed E-state index contributed by atoms with van der Waals surface area (Å²) in [7, 11) is -2.28. The maximum Gasteiger partial charge on any atom is 0.238 e. The van der Waals surface area contributed by atoms with E-state index in [0.717, 1.165) is 19.3 Å². The first-order valence-corrected chi connectivity index (χ1v) is 12.6. The molecule has 12 heteroatoms. The molecule has 174 valence electrons. The molecule has 2 aliphatic carbocycles. The SMILES string of the molecule is COc1cccc(-c2nnc(NS(=O)(=O)C(C)C(C)c3ncc(Cl)cn3)n2[C@@H]2CC23CC3)n1. The maximum absolute atomic E-state index is 13.3. The van der Waals surface area contributed by atoms with E-state index < -0.39 is 21.2 Å². The Morgan fingerprint density at radius 1 is 1.21 bits per heavy atom. The molecule has 3 heterocycles. The zero-order chi connectivity index (χ0) is 23.4. The van der Waals surface area contributed by atoms with Gasteiger partial charge in [-0.05, 0) is 37.7 Å². The van der Waals surface area contributed by atoms with E-state index in [1.807, 2.05) is 16.7 Å². The van der Waals surface area contributed by atoms with Crippen LogP contribution in [0.1, 0.15) is 50.9 Å². The lowest BCUT2D eigenvalue weighted by atomic mass is 10.1. The monoisotopic (exact) mass is 489 g/mol. The van der Waals surface area contributed by atoms with Gasteiger partial charge in [0.15, 0.2) is 5.82 Å². The second-order valence-corrected chi connectivity index (χ2v) is 11.2. The molecule has 0 radical (unpaired) electrons. The molecule has 10 nitrogen and oxygen atoms in total. The number of hydrogen-bond donors (Lipinski definition) is 1. The second-order valence-electron chi connectivity index (χ2n) is 8.77. The van der Waals surface area contributed by atoms with Crippen LogP contribution in [0.15, 0.2) is 30.6 Å². The highest BCUT2D eigenvalue weighted by molar-refractivity contribution is 7.93. The Morgan fingerprint density at radius 2 is 1.94 bits per heavy atom. The van der Waals surface area contributed by atoms with Gasteiger partial charge < -0.3 is 4.74 Å². The normalized spacial score (nSPS) is 20.3. The molecular formula is C21H24ClN7O3S. The van der Waals surface area contributed by atoms with Crippen LogP contribution in [0.2, 0.25) is 5.02 Å². The van der Waals surface area contributed by atoms with Crippen molar-refractivity contribution >= 4 is 27.6 Å². The van der Waals surface area contributed by atoms with Crippen molar-refractivity contribution in [3.63, 3.8) is 0 Å². The molecule has 0 saturated heterocycles. The largest absolute Gasteiger partial charge is 0.481 e. The van der Waals surface area contributed by atoms with Crippen molar-refractivity contribution < 1.29 is 13.2 Å². The fourth-order valence-electron chi connectivity index (χ4n) is 4.13. The van der Waals surface area contributed by atoms with E-state index in [9.17, 15) is 8.42 Å². The quantitative estimate of drug-likeness (QED) is 0.510. The van der Waals surface area contributed by atoms with Gasteiger partial charge in [0.2, 0.25) is 21.9 Å². The summed E-state index contributed by atoms with van der Waals surface area (Å²) in [5.74, 6) is 1.10. The predicted octanol–water partition coefficient (Wildman–Crippen LogP) is 3.45. The highest BCUT2D eigenvalue weighted by atomic mass is 35.5. The molecule has 0 amide bonds. The summed E-state index contributed by atoms with van der Waals surface area (Å²) >= 11 is 5.86. The zero-order valence-corrected chi connectivity index (χ0v) is 20.0.